The van der Waals surface area contributed by atoms with Gasteiger partial charge in [0.25, 0.3) is 0 Å². The fraction of sp³-hybridized carbons (Fsp3) is 0.500. The van der Waals surface area contributed by atoms with E-state index in [9.17, 15) is 0 Å². The minimum Gasteiger partial charge on any atom is -0.384 e. The van der Waals surface area contributed by atoms with E-state index >= 15 is 0 Å². The van der Waals surface area contributed by atoms with Crippen LogP contribution >= 0.6 is 11.6 Å². The minimum atomic E-state index is 0.0184. The number of nitrogens with zero attached hydrogens (tertiary/aromatic N) is 1. The molecular weight excluding hydrogens is 246 g/mol. The maximum atomic E-state index is 7.44. The SMILES string of the molecule is CC(C)N(CC1CC1)c1ccc(C(=N)N)c(Cl)c1. The third-order valence-corrected chi connectivity index (χ3v) is 3.66. The van der Waals surface area contributed by atoms with Crippen molar-refractivity contribution in [1.29, 1.82) is 5.41 Å². The molecular formula is C14H20ClN3. The van der Waals surface area contributed by atoms with Crippen molar-refractivity contribution in [3.8, 4) is 0 Å². The molecule has 0 radical (unpaired) electrons. The maximum absolute atomic E-state index is 7.44. The van der Waals surface area contributed by atoms with Gasteiger partial charge in [0.15, 0.2) is 0 Å². The van der Waals surface area contributed by atoms with E-state index in [1.54, 1.807) is 0 Å². The molecule has 0 heterocycles. The summed E-state index contributed by atoms with van der Waals surface area (Å²) >= 11 is 6.18. The summed E-state index contributed by atoms with van der Waals surface area (Å²) in [5, 5.41) is 8.00. The number of amidine groups is 1. The number of hydrogen-bond acceptors (Lipinski definition) is 2. The highest BCUT2D eigenvalue weighted by atomic mass is 35.5. The zero-order valence-corrected chi connectivity index (χ0v) is 11.7. The molecule has 0 spiro atoms. The summed E-state index contributed by atoms with van der Waals surface area (Å²) in [6.45, 7) is 5.47. The zero-order chi connectivity index (χ0) is 13.3. The molecule has 18 heavy (non-hydrogen) atoms. The fourth-order valence-electron chi connectivity index (χ4n) is 2.09. The lowest BCUT2D eigenvalue weighted by Crippen LogP contribution is -2.32. The number of halogens is 1. The van der Waals surface area contributed by atoms with E-state index in [4.69, 9.17) is 22.7 Å². The summed E-state index contributed by atoms with van der Waals surface area (Å²) in [6, 6.07) is 6.21. The Kier molecular flexibility index (Phi) is 3.81. The van der Waals surface area contributed by atoms with Crippen molar-refractivity contribution in [3.63, 3.8) is 0 Å². The molecule has 0 unspecified atom stereocenters. The second-order valence-corrected chi connectivity index (χ2v) is 5.67. The molecule has 0 bridgehead atoms. The van der Waals surface area contributed by atoms with Gasteiger partial charge in [0.1, 0.15) is 5.84 Å². The fourth-order valence-corrected chi connectivity index (χ4v) is 2.37. The molecule has 3 nitrogen and oxygen atoms in total. The van der Waals surface area contributed by atoms with Crippen LogP contribution in [0.4, 0.5) is 5.69 Å². The van der Waals surface area contributed by atoms with Gasteiger partial charge in [-0.3, -0.25) is 5.41 Å². The smallest absolute Gasteiger partial charge is 0.124 e. The Hall–Kier alpha value is -1.22. The van der Waals surface area contributed by atoms with Crippen LogP contribution < -0.4 is 10.6 Å². The second-order valence-electron chi connectivity index (χ2n) is 5.27. The number of benzene rings is 1. The first-order valence-corrected chi connectivity index (χ1v) is 6.77. The lowest BCUT2D eigenvalue weighted by molar-refractivity contribution is 0.645. The Balaban J connectivity index is 2.24. The quantitative estimate of drug-likeness (QED) is 0.634. The van der Waals surface area contributed by atoms with Gasteiger partial charge in [-0.1, -0.05) is 11.6 Å². The third-order valence-electron chi connectivity index (χ3n) is 3.35. The monoisotopic (exact) mass is 265 g/mol. The van der Waals surface area contributed by atoms with Crippen LogP contribution in [-0.2, 0) is 0 Å². The Morgan fingerprint density at radius 3 is 2.61 bits per heavy atom. The van der Waals surface area contributed by atoms with Gasteiger partial charge in [-0.25, -0.2) is 0 Å². The van der Waals surface area contributed by atoms with Crippen molar-refractivity contribution < 1.29 is 0 Å². The number of hydrogen-bond donors (Lipinski definition) is 2. The summed E-state index contributed by atoms with van der Waals surface area (Å²) in [7, 11) is 0. The van der Waals surface area contributed by atoms with E-state index in [1.165, 1.54) is 12.8 Å². The molecule has 1 aromatic rings. The largest absolute Gasteiger partial charge is 0.384 e. The molecule has 1 fully saturated rings. The lowest BCUT2D eigenvalue weighted by atomic mass is 10.1. The molecule has 0 atom stereocenters. The lowest BCUT2D eigenvalue weighted by Gasteiger charge is -2.29. The van der Waals surface area contributed by atoms with Gasteiger partial charge in [0.05, 0.1) is 5.02 Å². The molecule has 1 aromatic carbocycles. The summed E-state index contributed by atoms with van der Waals surface area (Å²) < 4.78 is 0. The standard InChI is InChI=1S/C14H20ClN3/c1-9(2)18(8-10-3-4-10)11-5-6-12(14(16)17)13(15)7-11/h5-7,9-10H,3-4,8H2,1-2H3,(H3,16,17). The van der Waals surface area contributed by atoms with E-state index < -0.39 is 0 Å². The molecule has 0 aliphatic heterocycles. The van der Waals surface area contributed by atoms with Crippen LogP contribution in [0.2, 0.25) is 5.02 Å². The molecule has 0 aromatic heterocycles. The Bertz CT molecular complexity index is 452. The van der Waals surface area contributed by atoms with Crippen LogP contribution in [-0.4, -0.2) is 18.4 Å². The average Bonchev–Trinajstić information content (AvgIpc) is 3.08. The van der Waals surface area contributed by atoms with Gasteiger partial charge < -0.3 is 10.6 Å². The van der Waals surface area contributed by atoms with E-state index in [1.807, 2.05) is 18.2 Å². The summed E-state index contributed by atoms with van der Waals surface area (Å²) in [4.78, 5) is 2.37. The van der Waals surface area contributed by atoms with E-state index in [2.05, 4.69) is 18.7 Å². The number of anilines is 1. The van der Waals surface area contributed by atoms with Gasteiger partial charge in [0.2, 0.25) is 0 Å². The molecule has 1 saturated carbocycles. The van der Waals surface area contributed by atoms with Crippen LogP contribution in [0, 0.1) is 11.3 Å². The summed E-state index contributed by atoms with van der Waals surface area (Å²) in [5.41, 5.74) is 7.20. The number of rotatable bonds is 5. The Morgan fingerprint density at radius 2 is 2.17 bits per heavy atom. The first-order valence-electron chi connectivity index (χ1n) is 6.39. The van der Waals surface area contributed by atoms with Gasteiger partial charge in [-0.2, -0.15) is 0 Å². The molecule has 2 rings (SSSR count). The predicted octanol–water partition coefficient (Wildman–Crippen LogP) is 3.25. The maximum Gasteiger partial charge on any atom is 0.124 e. The Morgan fingerprint density at radius 1 is 1.50 bits per heavy atom. The van der Waals surface area contributed by atoms with Crippen molar-refractivity contribution in [1.82, 2.24) is 0 Å². The van der Waals surface area contributed by atoms with Gasteiger partial charge in [-0.15, -0.1) is 0 Å². The predicted molar refractivity (Wildman–Crippen MR) is 77.7 cm³/mol. The van der Waals surface area contributed by atoms with Crippen molar-refractivity contribution in [2.75, 3.05) is 11.4 Å². The molecule has 0 amide bonds. The van der Waals surface area contributed by atoms with Gasteiger partial charge in [-0.05, 0) is 50.8 Å². The molecule has 3 N–H and O–H groups in total. The average molecular weight is 266 g/mol. The zero-order valence-electron chi connectivity index (χ0n) is 10.9. The number of nitrogens with one attached hydrogen (secondary N) is 1. The molecule has 0 saturated heterocycles. The highest BCUT2D eigenvalue weighted by Crippen LogP contribution is 2.33. The first-order chi connectivity index (χ1) is 8.49. The van der Waals surface area contributed by atoms with Crippen molar-refractivity contribution in [3.05, 3.63) is 28.8 Å². The van der Waals surface area contributed by atoms with E-state index in [0.29, 0.717) is 16.6 Å². The highest BCUT2D eigenvalue weighted by Gasteiger charge is 2.26. The summed E-state index contributed by atoms with van der Waals surface area (Å²) in [5.74, 6) is 0.850. The number of nitrogens with two attached hydrogens (primary N) is 1. The van der Waals surface area contributed by atoms with Crippen molar-refractivity contribution in [2.45, 2.75) is 32.7 Å². The topological polar surface area (TPSA) is 53.1 Å². The Labute approximate surface area is 113 Å². The van der Waals surface area contributed by atoms with Crippen LogP contribution in [0.25, 0.3) is 0 Å². The third kappa shape index (κ3) is 2.96. The van der Waals surface area contributed by atoms with Crippen LogP contribution in [0.1, 0.15) is 32.3 Å². The summed E-state index contributed by atoms with van der Waals surface area (Å²) in [6.07, 6.45) is 2.67. The molecule has 98 valence electrons. The van der Waals surface area contributed by atoms with Crippen LogP contribution in [0.3, 0.4) is 0 Å². The minimum absolute atomic E-state index is 0.0184. The first kappa shape index (κ1) is 13.2. The highest BCUT2D eigenvalue weighted by molar-refractivity contribution is 6.34. The number of nitrogen functional groups attached to an aromatic ring is 1. The molecule has 4 heteroatoms. The van der Waals surface area contributed by atoms with E-state index in [-0.39, 0.29) is 5.84 Å². The molecule has 1 aliphatic rings. The molecule has 1 aliphatic carbocycles. The van der Waals surface area contributed by atoms with Crippen molar-refractivity contribution in [2.24, 2.45) is 11.7 Å². The van der Waals surface area contributed by atoms with Gasteiger partial charge in [0, 0.05) is 23.8 Å². The second kappa shape index (κ2) is 5.19. The normalized spacial score (nSPS) is 14.9. The van der Waals surface area contributed by atoms with Crippen LogP contribution in [0.5, 0.6) is 0 Å². The van der Waals surface area contributed by atoms with Crippen molar-refractivity contribution >= 4 is 23.1 Å². The van der Waals surface area contributed by atoms with E-state index in [0.717, 1.165) is 18.2 Å². The van der Waals surface area contributed by atoms with Crippen LogP contribution in [0.15, 0.2) is 18.2 Å². The van der Waals surface area contributed by atoms with Gasteiger partial charge >= 0.3 is 0 Å².